The quantitative estimate of drug-likeness (QED) is 0.775. The van der Waals surface area contributed by atoms with Gasteiger partial charge in [-0.25, -0.2) is 4.98 Å². The molecule has 2 heterocycles. The molecule has 1 atom stereocenters. The first-order valence-corrected chi connectivity index (χ1v) is 10.1. The summed E-state index contributed by atoms with van der Waals surface area (Å²) >= 11 is 7.45. The van der Waals surface area contributed by atoms with Crippen LogP contribution in [-0.2, 0) is 4.79 Å². The van der Waals surface area contributed by atoms with Crippen LogP contribution in [0.1, 0.15) is 32.6 Å². The van der Waals surface area contributed by atoms with Crippen molar-refractivity contribution in [2.24, 2.45) is 0 Å². The minimum Gasteiger partial charge on any atom is -0.496 e. The summed E-state index contributed by atoms with van der Waals surface area (Å²) in [5, 5.41) is 8.06. The lowest BCUT2D eigenvalue weighted by atomic mass is 10.2. The van der Waals surface area contributed by atoms with Crippen molar-refractivity contribution in [3.63, 3.8) is 0 Å². The third-order valence-electron chi connectivity index (χ3n) is 4.43. The molecule has 3 rings (SSSR count). The molecule has 8 heteroatoms. The third kappa shape index (κ3) is 4.51. The first kappa shape index (κ1) is 19.0. The minimum atomic E-state index is -0.224. The Hall–Kier alpha value is -1.73. The van der Waals surface area contributed by atoms with Gasteiger partial charge in [-0.15, -0.1) is 5.10 Å². The minimum absolute atomic E-state index is 0.156. The molecule has 2 aromatic rings. The zero-order chi connectivity index (χ0) is 18.5. The largest absolute Gasteiger partial charge is 0.496 e. The smallest absolute Gasteiger partial charge is 0.235 e. The van der Waals surface area contributed by atoms with E-state index in [4.69, 9.17) is 16.3 Å². The van der Waals surface area contributed by atoms with Crippen molar-refractivity contribution in [2.75, 3.05) is 20.2 Å². The lowest BCUT2D eigenvalue weighted by molar-refractivity contribution is -0.130. The number of nitrogens with zero attached hydrogens (tertiary/aromatic N) is 3. The van der Waals surface area contributed by atoms with Crippen LogP contribution in [0.25, 0.3) is 11.4 Å². The van der Waals surface area contributed by atoms with Crippen LogP contribution < -0.4 is 4.74 Å². The van der Waals surface area contributed by atoms with Gasteiger partial charge in [0.25, 0.3) is 0 Å². The van der Waals surface area contributed by atoms with Crippen LogP contribution in [0.3, 0.4) is 0 Å². The number of thioether (sulfide) groups is 1. The molecule has 140 valence electrons. The van der Waals surface area contributed by atoms with Gasteiger partial charge in [0.15, 0.2) is 5.82 Å². The maximum absolute atomic E-state index is 12.7. The Bertz CT molecular complexity index is 759. The standard InChI is InChI=1S/C18H23ClN4O2S/c1-12(17(24)23-9-5-3-4-6-10-23)26-18-20-16(21-22-18)14-11-13(19)7-8-15(14)25-2/h7-8,11-12H,3-6,9-10H2,1-2H3,(H,20,21,22). The van der Waals surface area contributed by atoms with Crippen molar-refractivity contribution in [3.8, 4) is 17.1 Å². The van der Waals surface area contributed by atoms with Crippen LogP contribution >= 0.6 is 23.4 Å². The predicted octanol–water partition coefficient (Wildman–Crippen LogP) is 4.02. The Morgan fingerprint density at radius 1 is 1.31 bits per heavy atom. The van der Waals surface area contributed by atoms with E-state index in [0.717, 1.165) is 31.5 Å². The number of ether oxygens (including phenoxy) is 1. The molecule has 0 radical (unpaired) electrons. The summed E-state index contributed by atoms with van der Waals surface area (Å²) in [6.07, 6.45) is 4.58. The van der Waals surface area contributed by atoms with E-state index < -0.39 is 0 Å². The summed E-state index contributed by atoms with van der Waals surface area (Å²) in [5.41, 5.74) is 0.742. The number of amides is 1. The zero-order valence-electron chi connectivity index (χ0n) is 15.0. The number of rotatable bonds is 5. The highest BCUT2D eigenvalue weighted by Gasteiger charge is 2.24. The summed E-state index contributed by atoms with van der Waals surface area (Å²) < 4.78 is 5.36. The number of H-pyrrole nitrogens is 1. The fourth-order valence-electron chi connectivity index (χ4n) is 3.04. The van der Waals surface area contributed by atoms with Gasteiger partial charge in [0.2, 0.25) is 11.1 Å². The molecule has 0 spiro atoms. The second kappa shape index (κ2) is 8.77. The molecule has 0 saturated carbocycles. The maximum atomic E-state index is 12.7. The second-order valence-corrected chi connectivity index (χ2v) is 8.06. The number of aromatic nitrogens is 3. The Kier molecular flexibility index (Phi) is 6.43. The van der Waals surface area contributed by atoms with Crippen molar-refractivity contribution >= 4 is 29.3 Å². The van der Waals surface area contributed by atoms with Gasteiger partial charge in [0.05, 0.1) is 17.9 Å². The molecule has 1 aromatic carbocycles. The first-order chi connectivity index (χ1) is 12.6. The van der Waals surface area contributed by atoms with Crippen LogP contribution in [0, 0.1) is 0 Å². The van der Waals surface area contributed by atoms with Gasteiger partial charge in [0, 0.05) is 18.1 Å². The summed E-state index contributed by atoms with van der Waals surface area (Å²) in [5.74, 6) is 1.39. The number of halogens is 1. The highest BCUT2D eigenvalue weighted by molar-refractivity contribution is 8.00. The summed E-state index contributed by atoms with van der Waals surface area (Å²) in [4.78, 5) is 19.2. The molecular weight excluding hydrogens is 372 g/mol. The van der Waals surface area contributed by atoms with E-state index in [-0.39, 0.29) is 11.2 Å². The number of carbonyl (C=O) groups is 1. The summed E-state index contributed by atoms with van der Waals surface area (Å²) in [6.45, 7) is 3.61. The molecule has 1 aliphatic rings. The Balaban J connectivity index is 1.70. The van der Waals surface area contributed by atoms with Gasteiger partial charge in [-0.1, -0.05) is 36.2 Å². The van der Waals surface area contributed by atoms with Crippen LogP contribution in [0.4, 0.5) is 0 Å². The second-order valence-electron chi connectivity index (χ2n) is 6.31. The van der Waals surface area contributed by atoms with Crippen LogP contribution in [0.15, 0.2) is 23.4 Å². The van der Waals surface area contributed by atoms with Gasteiger partial charge < -0.3 is 9.64 Å². The average molecular weight is 395 g/mol. The molecule has 0 bridgehead atoms. The SMILES string of the molecule is COc1ccc(Cl)cc1-c1nc(SC(C)C(=O)N2CCCCCC2)n[nH]1. The van der Waals surface area contributed by atoms with E-state index in [0.29, 0.717) is 21.8 Å². The molecule has 1 saturated heterocycles. The van der Waals surface area contributed by atoms with Crippen LogP contribution in [0.5, 0.6) is 5.75 Å². The molecule has 0 aliphatic carbocycles. The Morgan fingerprint density at radius 2 is 2.04 bits per heavy atom. The lowest BCUT2D eigenvalue weighted by Crippen LogP contribution is -2.37. The fraction of sp³-hybridized carbons (Fsp3) is 0.500. The maximum Gasteiger partial charge on any atom is 0.235 e. The number of benzene rings is 1. The number of carbonyl (C=O) groups excluding carboxylic acids is 1. The van der Waals surface area contributed by atoms with Gasteiger partial charge in [-0.3, -0.25) is 9.89 Å². The molecule has 1 aliphatic heterocycles. The number of nitrogens with one attached hydrogen (secondary N) is 1. The van der Waals surface area contributed by atoms with E-state index in [2.05, 4.69) is 15.2 Å². The third-order valence-corrected chi connectivity index (χ3v) is 5.61. The summed E-state index contributed by atoms with van der Waals surface area (Å²) in [7, 11) is 1.60. The molecule has 1 unspecified atom stereocenters. The van der Waals surface area contributed by atoms with Gasteiger partial charge >= 0.3 is 0 Å². The van der Waals surface area contributed by atoms with E-state index in [1.165, 1.54) is 24.6 Å². The van der Waals surface area contributed by atoms with Gasteiger partial charge in [0.1, 0.15) is 5.75 Å². The summed E-state index contributed by atoms with van der Waals surface area (Å²) in [6, 6.07) is 5.33. The van der Waals surface area contributed by atoms with Crippen molar-refractivity contribution in [3.05, 3.63) is 23.2 Å². The number of likely N-dealkylation sites (tertiary alicyclic amines) is 1. The highest BCUT2D eigenvalue weighted by Crippen LogP contribution is 2.32. The predicted molar refractivity (Wildman–Crippen MR) is 104 cm³/mol. The van der Waals surface area contributed by atoms with Crippen molar-refractivity contribution in [2.45, 2.75) is 43.0 Å². The fourth-order valence-corrected chi connectivity index (χ4v) is 4.02. The van der Waals surface area contributed by atoms with Gasteiger partial charge in [-0.05, 0) is 38.0 Å². The first-order valence-electron chi connectivity index (χ1n) is 8.80. The molecule has 1 aromatic heterocycles. The van der Waals surface area contributed by atoms with Crippen molar-refractivity contribution in [1.29, 1.82) is 0 Å². The average Bonchev–Trinajstić information content (AvgIpc) is 2.93. The van der Waals surface area contributed by atoms with E-state index in [9.17, 15) is 4.79 Å². The molecule has 6 nitrogen and oxygen atoms in total. The molecule has 1 amide bonds. The van der Waals surface area contributed by atoms with E-state index in [1.54, 1.807) is 25.3 Å². The highest BCUT2D eigenvalue weighted by atomic mass is 35.5. The lowest BCUT2D eigenvalue weighted by Gasteiger charge is -2.23. The normalized spacial score (nSPS) is 16.2. The van der Waals surface area contributed by atoms with Crippen molar-refractivity contribution < 1.29 is 9.53 Å². The van der Waals surface area contributed by atoms with Gasteiger partial charge in [-0.2, -0.15) is 0 Å². The molecule has 1 N–H and O–H groups in total. The number of aromatic amines is 1. The molecule has 1 fully saturated rings. The Morgan fingerprint density at radius 3 is 2.73 bits per heavy atom. The van der Waals surface area contributed by atoms with E-state index >= 15 is 0 Å². The molecular formula is C18H23ClN4O2S. The van der Waals surface area contributed by atoms with Crippen LogP contribution in [-0.4, -0.2) is 51.4 Å². The van der Waals surface area contributed by atoms with Crippen molar-refractivity contribution in [1.82, 2.24) is 20.1 Å². The zero-order valence-corrected chi connectivity index (χ0v) is 16.6. The van der Waals surface area contributed by atoms with Crippen LogP contribution in [0.2, 0.25) is 5.02 Å². The monoisotopic (exact) mass is 394 g/mol. The van der Waals surface area contributed by atoms with E-state index in [1.807, 2.05) is 11.8 Å². The Labute approximate surface area is 162 Å². The topological polar surface area (TPSA) is 71.1 Å². The number of hydrogen-bond donors (Lipinski definition) is 1. The molecule has 26 heavy (non-hydrogen) atoms. The number of hydrogen-bond acceptors (Lipinski definition) is 5. The number of methoxy groups -OCH3 is 1.